The van der Waals surface area contributed by atoms with E-state index in [9.17, 15) is 14.4 Å². The Balaban J connectivity index is 1.68. The van der Waals surface area contributed by atoms with Crippen molar-refractivity contribution in [2.45, 2.75) is 25.3 Å². The van der Waals surface area contributed by atoms with Crippen molar-refractivity contribution in [2.75, 3.05) is 24.2 Å². The molecule has 3 rings (SSSR count). The molecule has 0 bridgehead atoms. The second-order valence-electron chi connectivity index (χ2n) is 6.64. The summed E-state index contributed by atoms with van der Waals surface area (Å²) in [4.78, 5) is 38.7. The molecule has 1 fully saturated rings. The van der Waals surface area contributed by atoms with E-state index >= 15 is 0 Å². The van der Waals surface area contributed by atoms with E-state index in [0.717, 1.165) is 12.0 Å². The van der Waals surface area contributed by atoms with Crippen molar-refractivity contribution in [2.24, 2.45) is 0 Å². The number of amides is 4. The topological polar surface area (TPSA) is 90.5 Å². The molecule has 7 heteroatoms. The molecule has 4 amide bonds. The summed E-state index contributed by atoms with van der Waals surface area (Å²) in [7, 11) is 1.57. The maximum atomic E-state index is 12.8. The Hall–Kier alpha value is -3.35. The molecule has 7 nitrogen and oxygen atoms in total. The normalized spacial score (nSPS) is 15.8. The molecule has 2 aromatic carbocycles. The molecule has 0 radical (unpaired) electrons. The fourth-order valence-electron chi connectivity index (χ4n) is 3.27. The smallest absolute Gasteiger partial charge is 0.322 e. The van der Waals surface area contributed by atoms with E-state index in [-0.39, 0.29) is 24.3 Å². The summed E-state index contributed by atoms with van der Waals surface area (Å²) in [6.45, 7) is 0.510. The second-order valence-corrected chi connectivity index (χ2v) is 6.64. The van der Waals surface area contributed by atoms with Crippen LogP contribution in [-0.2, 0) is 16.0 Å². The van der Waals surface area contributed by atoms with Gasteiger partial charge in [-0.05, 0) is 36.6 Å². The molecule has 146 valence electrons. The van der Waals surface area contributed by atoms with Crippen molar-refractivity contribution in [3.63, 3.8) is 0 Å². The van der Waals surface area contributed by atoms with Crippen molar-refractivity contribution < 1.29 is 14.4 Å². The van der Waals surface area contributed by atoms with Crippen LogP contribution < -0.4 is 16.0 Å². The van der Waals surface area contributed by atoms with Crippen molar-refractivity contribution >= 4 is 29.2 Å². The number of likely N-dealkylation sites (tertiary alicyclic amines) is 1. The first-order chi connectivity index (χ1) is 13.6. The Morgan fingerprint density at radius 1 is 1.00 bits per heavy atom. The van der Waals surface area contributed by atoms with Crippen LogP contribution in [0.3, 0.4) is 0 Å². The number of likely N-dealkylation sites (N-methyl/N-ethyl adjacent to an activating group) is 1. The van der Waals surface area contributed by atoms with Crippen molar-refractivity contribution in [1.82, 2.24) is 10.2 Å². The molecule has 0 aliphatic carbocycles. The number of carbonyl (C=O) groups excluding carboxylic acids is 3. The van der Waals surface area contributed by atoms with E-state index < -0.39 is 6.04 Å². The van der Waals surface area contributed by atoms with E-state index in [2.05, 4.69) is 16.0 Å². The lowest BCUT2D eigenvalue weighted by Gasteiger charge is -2.25. The number of urea groups is 1. The average molecular weight is 380 g/mol. The van der Waals surface area contributed by atoms with Crippen molar-refractivity contribution in [3.05, 3.63) is 60.2 Å². The highest BCUT2D eigenvalue weighted by molar-refractivity contribution is 6.00. The summed E-state index contributed by atoms with van der Waals surface area (Å²) in [5, 5.41) is 8.30. The Morgan fingerprint density at radius 2 is 1.71 bits per heavy atom. The molecule has 0 aromatic heterocycles. The van der Waals surface area contributed by atoms with Gasteiger partial charge in [0.05, 0.1) is 6.42 Å². The summed E-state index contributed by atoms with van der Waals surface area (Å²) in [5.41, 5.74) is 2.00. The van der Waals surface area contributed by atoms with Crippen LogP contribution in [-0.4, -0.2) is 42.4 Å². The predicted molar refractivity (Wildman–Crippen MR) is 108 cm³/mol. The van der Waals surface area contributed by atoms with Gasteiger partial charge in [-0.1, -0.05) is 36.4 Å². The maximum absolute atomic E-state index is 12.8. The van der Waals surface area contributed by atoms with Gasteiger partial charge in [0.15, 0.2) is 0 Å². The van der Waals surface area contributed by atoms with Crippen molar-refractivity contribution in [3.8, 4) is 0 Å². The minimum Gasteiger partial charge on any atom is -0.359 e. The first kappa shape index (κ1) is 19.4. The molecule has 1 aliphatic rings. The van der Waals surface area contributed by atoms with Gasteiger partial charge in [-0.2, -0.15) is 0 Å². The first-order valence-corrected chi connectivity index (χ1v) is 9.30. The Kier molecular flexibility index (Phi) is 6.26. The van der Waals surface area contributed by atoms with Crippen LogP contribution in [0.5, 0.6) is 0 Å². The number of hydrogen-bond donors (Lipinski definition) is 3. The maximum Gasteiger partial charge on any atom is 0.322 e. The SMILES string of the molecule is CNC(=O)Cc1ccccc1NC(=O)N1CCC[C@H]1C(=O)Nc1ccccc1. The molecule has 1 atom stereocenters. The minimum atomic E-state index is -0.522. The zero-order chi connectivity index (χ0) is 19.9. The van der Waals surface area contributed by atoms with Gasteiger partial charge in [0.25, 0.3) is 0 Å². The predicted octanol–water partition coefficient (Wildman–Crippen LogP) is 2.61. The van der Waals surface area contributed by atoms with Crippen LogP contribution in [0.25, 0.3) is 0 Å². The summed E-state index contributed by atoms with van der Waals surface area (Å²) in [6, 6.07) is 15.5. The molecule has 3 N–H and O–H groups in total. The standard InChI is InChI=1S/C21H24N4O3/c1-22-19(26)14-15-8-5-6-11-17(15)24-21(28)25-13-7-12-18(25)20(27)23-16-9-3-2-4-10-16/h2-6,8-11,18H,7,12-14H2,1H3,(H,22,26)(H,23,27)(H,24,28)/t18-/m0/s1. The summed E-state index contributed by atoms with van der Waals surface area (Å²) in [6.07, 6.45) is 1.55. The monoisotopic (exact) mass is 380 g/mol. The Labute approximate surface area is 164 Å². The number of rotatable bonds is 5. The number of carbonyl (C=O) groups is 3. The summed E-state index contributed by atoms with van der Waals surface area (Å²) < 4.78 is 0. The third-order valence-corrected chi connectivity index (χ3v) is 4.75. The van der Waals surface area contributed by atoms with Gasteiger partial charge in [0.1, 0.15) is 6.04 Å². The molecule has 1 aliphatic heterocycles. The van der Waals surface area contributed by atoms with E-state index in [1.807, 2.05) is 36.4 Å². The highest BCUT2D eigenvalue weighted by Crippen LogP contribution is 2.22. The average Bonchev–Trinajstić information content (AvgIpc) is 3.20. The van der Waals surface area contributed by atoms with Crippen LogP contribution in [0.4, 0.5) is 16.2 Å². The van der Waals surface area contributed by atoms with Gasteiger partial charge in [-0.25, -0.2) is 4.79 Å². The van der Waals surface area contributed by atoms with Gasteiger partial charge < -0.3 is 20.9 Å². The van der Waals surface area contributed by atoms with Crippen LogP contribution in [0.15, 0.2) is 54.6 Å². The van der Waals surface area contributed by atoms with Gasteiger partial charge in [-0.3, -0.25) is 9.59 Å². The van der Waals surface area contributed by atoms with Crippen LogP contribution in [0.1, 0.15) is 18.4 Å². The number of nitrogens with zero attached hydrogens (tertiary/aromatic N) is 1. The lowest BCUT2D eigenvalue weighted by Crippen LogP contribution is -2.45. The number of anilines is 2. The van der Waals surface area contributed by atoms with Crippen molar-refractivity contribution in [1.29, 1.82) is 0 Å². The second kappa shape index (κ2) is 9.03. The highest BCUT2D eigenvalue weighted by atomic mass is 16.2. The Morgan fingerprint density at radius 3 is 2.46 bits per heavy atom. The Bertz CT molecular complexity index is 854. The zero-order valence-electron chi connectivity index (χ0n) is 15.8. The third kappa shape index (κ3) is 4.68. The fourth-order valence-corrected chi connectivity index (χ4v) is 3.27. The minimum absolute atomic E-state index is 0.136. The van der Waals surface area contributed by atoms with Gasteiger partial charge >= 0.3 is 6.03 Å². The van der Waals surface area contributed by atoms with E-state index in [4.69, 9.17) is 0 Å². The van der Waals surface area contributed by atoms with Gasteiger partial charge in [0.2, 0.25) is 11.8 Å². The molecule has 1 heterocycles. The van der Waals surface area contributed by atoms with Crippen LogP contribution >= 0.6 is 0 Å². The molecule has 28 heavy (non-hydrogen) atoms. The van der Waals surface area contributed by atoms with E-state index in [1.165, 1.54) is 0 Å². The molecular formula is C21H24N4O3. The third-order valence-electron chi connectivity index (χ3n) is 4.75. The van der Waals surface area contributed by atoms with Crippen LogP contribution in [0, 0.1) is 0 Å². The lowest BCUT2D eigenvalue weighted by atomic mass is 10.1. The largest absolute Gasteiger partial charge is 0.359 e. The summed E-state index contributed by atoms with van der Waals surface area (Å²) in [5.74, 6) is -0.333. The van der Waals surface area contributed by atoms with Gasteiger partial charge in [-0.15, -0.1) is 0 Å². The molecule has 0 saturated carbocycles. The van der Waals surface area contributed by atoms with E-state index in [1.54, 1.807) is 30.1 Å². The number of benzene rings is 2. The first-order valence-electron chi connectivity index (χ1n) is 9.30. The molecular weight excluding hydrogens is 356 g/mol. The lowest BCUT2D eigenvalue weighted by molar-refractivity contribution is -0.120. The number of hydrogen-bond acceptors (Lipinski definition) is 3. The molecule has 0 unspecified atom stereocenters. The van der Waals surface area contributed by atoms with E-state index in [0.29, 0.717) is 24.3 Å². The van der Waals surface area contributed by atoms with Gasteiger partial charge in [0, 0.05) is 25.0 Å². The molecule has 0 spiro atoms. The molecule has 1 saturated heterocycles. The number of nitrogens with one attached hydrogen (secondary N) is 3. The van der Waals surface area contributed by atoms with Crippen LogP contribution in [0.2, 0.25) is 0 Å². The zero-order valence-corrected chi connectivity index (χ0v) is 15.8. The quantitative estimate of drug-likeness (QED) is 0.745. The summed E-state index contributed by atoms with van der Waals surface area (Å²) >= 11 is 0. The molecule has 2 aromatic rings. The highest BCUT2D eigenvalue weighted by Gasteiger charge is 2.34. The fraction of sp³-hybridized carbons (Fsp3) is 0.286. The number of para-hydroxylation sites is 2.